The quantitative estimate of drug-likeness (QED) is 0.632. The third-order valence-electron chi connectivity index (χ3n) is 3.41. The maximum Gasteiger partial charge on any atom is 0.363 e. The van der Waals surface area contributed by atoms with Crippen LogP contribution in [0.25, 0.3) is 6.08 Å². The van der Waals surface area contributed by atoms with Crippen molar-refractivity contribution in [1.82, 2.24) is 0 Å². The van der Waals surface area contributed by atoms with Crippen molar-refractivity contribution in [3.8, 4) is 11.5 Å². The van der Waals surface area contributed by atoms with Crippen LogP contribution in [0.3, 0.4) is 0 Å². The lowest BCUT2D eigenvalue weighted by molar-refractivity contribution is -0.129. The Balaban J connectivity index is 1.66. The van der Waals surface area contributed by atoms with E-state index >= 15 is 0 Å². The number of esters is 1. The molecule has 0 saturated carbocycles. The topological polar surface area (TPSA) is 57.1 Å². The molecule has 0 unspecified atom stereocenters. The van der Waals surface area contributed by atoms with Crippen LogP contribution in [0.2, 0.25) is 0 Å². The van der Waals surface area contributed by atoms with E-state index in [9.17, 15) is 9.18 Å². The predicted octanol–water partition coefficient (Wildman–Crippen LogP) is 2.90. The van der Waals surface area contributed by atoms with Gasteiger partial charge in [-0.2, -0.15) is 0 Å². The maximum atomic E-state index is 12.9. The van der Waals surface area contributed by atoms with Crippen molar-refractivity contribution in [3.05, 3.63) is 65.1 Å². The van der Waals surface area contributed by atoms with Crippen molar-refractivity contribution < 1.29 is 23.4 Å². The number of benzene rings is 2. The number of hydrogen-bond acceptors (Lipinski definition) is 5. The number of carbonyl (C=O) groups is 1. The van der Waals surface area contributed by atoms with Crippen LogP contribution in [0.4, 0.5) is 4.39 Å². The van der Waals surface area contributed by atoms with Crippen LogP contribution in [0, 0.1) is 5.82 Å². The van der Waals surface area contributed by atoms with Gasteiger partial charge < -0.3 is 14.2 Å². The Morgan fingerprint density at radius 2 is 1.83 bits per heavy atom. The van der Waals surface area contributed by atoms with E-state index in [1.165, 1.54) is 12.1 Å². The Hall–Kier alpha value is -3.15. The van der Waals surface area contributed by atoms with Gasteiger partial charge in [0.1, 0.15) is 5.82 Å². The van der Waals surface area contributed by atoms with Gasteiger partial charge in [0.2, 0.25) is 12.7 Å². The van der Waals surface area contributed by atoms with Gasteiger partial charge in [0.15, 0.2) is 17.2 Å². The van der Waals surface area contributed by atoms with Gasteiger partial charge in [0.25, 0.3) is 0 Å². The van der Waals surface area contributed by atoms with Gasteiger partial charge in [-0.3, -0.25) is 0 Å². The van der Waals surface area contributed by atoms with E-state index in [1.807, 2.05) is 0 Å². The fraction of sp³-hybridized carbons (Fsp3) is 0.0588. The normalized spacial score (nSPS) is 17.3. The van der Waals surface area contributed by atoms with Crippen molar-refractivity contribution in [2.24, 2.45) is 4.99 Å². The third kappa shape index (κ3) is 2.55. The van der Waals surface area contributed by atoms with Gasteiger partial charge in [-0.15, -0.1) is 0 Å². The van der Waals surface area contributed by atoms with E-state index in [1.54, 1.807) is 36.4 Å². The molecule has 0 fully saturated rings. The summed E-state index contributed by atoms with van der Waals surface area (Å²) in [6.45, 7) is 0.167. The number of cyclic esters (lactones) is 1. The van der Waals surface area contributed by atoms with Crippen LogP contribution in [-0.4, -0.2) is 18.7 Å². The van der Waals surface area contributed by atoms with Crippen LogP contribution in [0.1, 0.15) is 11.1 Å². The second kappa shape index (κ2) is 5.24. The lowest BCUT2D eigenvalue weighted by atomic mass is 10.2. The summed E-state index contributed by atoms with van der Waals surface area (Å²) < 4.78 is 28.6. The molecule has 0 bridgehead atoms. The van der Waals surface area contributed by atoms with Gasteiger partial charge >= 0.3 is 5.97 Å². The van der Waals surface area contributed by atoms with Crippen molar-refractivity contribution in [2.45, 2.75) is 0 Å². The molecule has 0 aromatic heterocycles. The molecule has 0 spiro atoms. The number of hydrogen-bond donors (Lipinski definition) is 0. The second-order valence-corrected chi connectivity index (χ2v) is 4.96. The number of aliphatic imine (C=N–C) groups is 1. The third-order valence-corrected chi connectivity index (χ3v) is 3.41. The zero-order valence-corrected chi connectivity index (χ0v) is 11.8. The Labute approximate surface area is 130 Å². The van der Waals surface area contributed by atoms with E-state index in [0.29, 0.717) is 22.6 Å². The highest BCUT2D eigenvalue weighted by Crippen LogP contribution is 2.33. The molecule has 6 heteroatoms. The van der Waals surface area contributed by atoms with E-state index < -0.39 is 5.97 Å². The minimum absolute atomic E-state index is 0.157. The molecule has 0 N–H and O–H groups in total. The first kappa shape index (κ1) is 13.5. The first-order chi connectivity index (χ1) is 11.2. The molecule has 0 saturated heterocycles. The molecule has 0 aliphatic carbocycles. The molecule has 0 amide bonds. The summed E-state index contributed by atoms with van der Waals surface area (Å²) in [6.07, 6.45) is 1.54. The highest BCUT2D eigenvalue weighted by Gasteiger charge is 2.25. The van der Waals surface area contributed by atoms with E-state index in [-0.39, 0.29) is 24.2 Å². The Morgan fingerprint density at radius 3 is 2.65 bits per heavy atom. The summed E-state index contributed by atoms with van der Waals surface area (Å²) in [5, 5.41) is 0. The standard InChI is InChI=1S/C17H10FNO4/c18-12-4-1-10(2-5-12)7-13-17(20)23-16(19-13)11-3-6-14-15(8-11)22-9-21-14/h1-8H,9H2/b13-7+. The van der Waals surface area contributed by atoms with Crippen LogP contribution in [0.5, 0.6) is 11.5 Å². The van der Waals surface area contributed by atoms with Crippen LogP contribution >= 0.6 is 0 Å². The zero-order valence-electron chi connectivity index (χ0n) is 11.8. The number of carbonyl (C=O) groups excluding carboxylic acids is 1. The minimum atomic E-state index is -0.554. The van der Waals surface area contributed by atoms with Gasteiger partial charge in [0.05, 0.1) is 0 Å². The number of halogens is 1. The van der Waals surface area contributed by atoms with Crippen molar-refractivity contribution in [3.63, 3.8) is 0 Å². The predicted molar refractivity (Wildman–Crippen MR) is 79.6 cm³/mol. The molecule has 4 rings (SSSR count). The molecule has 2 aromatic rings. The summed E-state index contributed by atoms with van der Waals surface area (Å²) in [5.41, 5.74) is 1.43. The smallest absolute Gasteiger partial charge is 0.363 e. The molecule has 114 valence electrons. The molecule has 2 aliphatic rings. The molecular formula is C17H10FNO4. The molecule has 2 aromatic carbocycles. The van der Waals surface area contributed by atoms with Crippen molar-refractivity contribution in [1.29, 1.82) is 0 Å². The summed E-state index contributed by atoms with van der Waals surface area (Å²) in [7, 11) is 0. The number of nitrogens with zero attached hydrogens (tertiary/aromatic N) is 1. The van der Waals surface area contributed by atoms with E-state index in [4.69, 9.17) is 14.2 Å². The average Bonchev–Trinajstić information content (AvgIpc) is 3.16. The first-order valence-corrected chi connectivity index (χ1v) is 6.87. The van der Waals surface area contributed by atoms with Crippen molar-refractivity contribution >= 4 is 17.9 Å². The summed E-state index contributed by atoms with van der Waals surface area (Å²) in [6, 6.07) is 10.9. The minimum Gasteiger partial charge on any atom is -0.454 e. The van der Waals surface area contributed by atoms with Gasteiger partial charge in [-0.05, 0) is 42.0 Å². The number of rotatable bonds is 2. The molecule has 5 nitrogen and oxygen atoms in total. The lowest BCUT2D eigenvalue weighted by Gasteiger charge is -2.01. The molecule has 0 radical (unpaired) electrons. The van der Waals surface area contributed by atoms with E-state index in [0.717, 1.165) is 0 Å². The zero-order chi connectivity index (χ0) is 15.8. The molecular weight excluding hydrogens is 301 g/mol. The monoisotopic (exact) mass is 311 g/mol. The number of ether oxygens (including phenoxy) is 3. The second-order valence-electron chi connectivity index (χ2n) is 4.96. The largest absolute Gasteiger partial charge is 0.454 e. The lowest BCUT2D eigenvalue weighted by Crippen LogP contribution is -2.05. The van der Waals surface area contributed by atoms with Gasteiger partial charge in [0, 0.05) is 5.56 Å². The highest BCUT2D eigenvalue weighted by atomic mass is 19.1. The summed E-state index contributed by atoms with van der Waals surface area (Å²) in [4.78, 5) is 16.1. The fourth-order valence-electron chi connectivity index (χ4n) is 2.28. The van der Waals surface area contributed by atoms with E-state index in [2.05, 4.69) is 4.99 Å². The maximum absolute atomic E-state index is 12.9. The van der Waals surface area contributed by atoms with Gasteiger partial charge in [-0.25, -0.2) is 14.2 Å². The fourth-order valence-corrected chi connectivity index (χ4v) is 2.28. The van der Waals surface area contributed by atoms with Crippen LogP contribution in [-0.2, 0) is 9.53 Å². The Kier molecular flexibility index (Phi) is 3.08. The average molecular weight is 311 g/mol. The van der Waals surface area contributed by atoms with Crippen molar-refractivity contribution in [2.75, 3.05) is 6.79 Å². The molecule has 0 atom stereocenters. The molecule has 2 aliphatic heterocycles. The number of fused-ring (bicyclic) bond motifs is 1. The Bertz CT molecular complexity index is 855. The molecule has 23 heavy (non-hydrogen) atoms. The summed E-state index contributed by atoms with van der Waals surface area (Å²) in [5.74, 6) is 0.521. The highest BCUT2D eigenvalue weighted by molar-refractivity contribution is 6.13. The summed E-state index contributed by atoms with van der Waals surface area (Å²) >= 11 is 0. The first-order valence-electron chi connectivity index (χ1n) is 6.87. The molecule has 2 heterocycles. The Morgan fingerprint density at radius 1 is 1.04 bits per heavy atom. The van der Waals surface area contributed by atoms with Crippen LogP contribution in [0.15, 0.2) is 53.2 Å². The SMILES string of the molecule is O=C1OC(c2ccc3c(c2)OCO3)=N/C1=C/c1ccc(F)cc1. The van der Waals surface area contributed by atoms with Gasteiger partial charge in [-0.1, -0.05) is 12.1 Å². The van der Waals surface area contributed by atoms with Crippen LogP contribution < -0.4 is 9.47 Å².